The summed E-state index contributed by atoms with van der Waals surface area (Å²) in [5, 5.41) is 0. The van der Waals surface area contributed by atoms with Crippen molar-refractivity contribution in [2.45, 2.75) is 103 Å². The van der Waals surface area contributed by atoms with Gasteiger partial charge in [0, 0.05) is 11.4 Å². The molecule has 0 atom stereocenters. The van der Waals surface area contributed by atoms with E-state index >= 15 is 0 Å². The maximum absolute atomic E-state index is 6.55. The van der Waals surface area contributed by atoms with Crippen LogP contribution in [0.1, 0.15) is 97.3 Å². The van der Waals surface area contributed by atoms with Crippen molar-refractivity contribution in [3.8, 4) is 0 Å². The van der Waals surface area contributed by atoms with Gasteiger partial charge in [-0.1, -0.05) is 78.1 Å². The third-order valence-corrected chi connectivity index (χ3v) is 4.34. The molecule has 19 heavy (non-hydrogen) atoms. The number of hydrogen-bond acceptors (Lipinski definition) is 1. The van der Waals surface area contributed by atoms with Crippen LogP contribution in [0.25, 0.3) is 0 Å². The highest BCUT2D eigenvalue weighted by Gasteiger charge is 2.22. The molecule has 0 saturated heterocycles. The Morgan fingerprint density at radius 2 is 1.11 bits per heavy atom. The predicted octanol–water partition coefficient (Wildman–Crippen LogP) is 6.03. The molecular weight excluding hydrogens is 254 g/mol. The summed E-state index contributed by atoms with van der Waals surface area (Å²) in [6.07, 6.45) is 16.6. The van der Waals surface area contributed by atoms with Gasteiger partial charge in [-0.3, -0.25) is 0 Å². The van der Waals surface area contributed by atoms with E-state index in [2.05, 4.69) is 13.8 Å². The first-order chi connectivity index (χ1) is 9.18. The second kappa shape index (κ2) is 13.2. The Morgan fingerprint density at radius 3 is 1.47 bits per heavy atom. The van der Waals surface area contributed by atoms with E-state index in [0.717, 1.165) is 19.3 Å². The van der Waals surface area contributed by atoms with Gasteiger partial charge >= 0.3 is 0 Å². The fourth-order valence-electron chi connectivity index (χ4n) is 2.72. The third kappa shape index (κ3) is 11.8. The molecule has 0 heterocycles. The quantitative estimate of drug-likeness (QED) is 0.306. The monoisotopic (exact) mass is 289 g/mol. The molecule has 2 heteroatoms. The van der Waals surface area contributed by atoms with Crippen LogP contribution in [0.2, 0.25) is 0 Å². The molecule has 0 rings (SSSR count). The van der Waals surface area contributed by atoms with Crippen LogP contribution in [0, 0.1) is 0 Å². The molecule has 0 fully saturated rings. The minimum Gasteiger partial charge on any atom is -0.325 e. The molecule has 0 aliphatic rings. The Labute approximate surface area is 126 Å². The van der Waals surface area contributed by atoms with E-state index in [-0.39, 0.29) is 5.54 Å². The number of unbranched alkanes of at least 4 members (excludes halogenated alkanes) is 8. The summed E-state index contributed by atoms with van der Waals surface area (Å²) in [4.78, 5) is 0. The van der Waals surface area contributed by atoms with E-state index in [1.807, 2.05) is 0 Å². The van der Waals surface area contributed by atoms with Gasteiger partial charge in [-0.25, -0.2) is 0 Å². The highest BCUT2D eigenvalue weighted by atomic mass is 35.5. The predicted molar refractivity (Wildman–Crippen MR) is 89.0 cm³/mol. The first kappa shape index (κ1) is 19.2. The molecular formula is C17H36ClN. The van der Waals surface area contributed by atoms with E-state index < -0.39 is 0 Å². The highest BCUT2D eigenvalue weighted by Crippen LogP contribution is 2.24. The van der Waals surface area contributed by atoms with Crippen molar-refractivity contribution >= 4 is 11.6 Å². The molecule has 0 spiro atoms. The Morgan fingerprint density at radius 1 is 0.684 bits per heavy atom. The first-order valence-corrected chi connectivity index (χ1v) is 9.07. The topological polar surface area (TPSA) is 26.0 Å². The second-order valence-corrected chi connectivity index (χ2v) is 6.51. The molecule has 0 aliphatic heterocycles. The zero-order valence-electron chi connectivity index (χ0n) is 13.4. The number of hydrogen-bond donors (Lipinski definition) is 1. The largest absolute Gasteiger partial charge is 0.325 e. The standard InChI is InChI=1S/C17H36ClN/c1-3-5-7-9-11-13-17(19,15-16-18)14-12-10-8-6-4-2/h3-16,19H2,1-2H3. The molecule has 0 aromatic heterocycles. The van der Waals surface area contributed by atoms with Crippen molar-refractivity contribution in [3.05, 3.63) is 0 Å². The summed E-state index contributed by atoms with van der Waals surface area (Å²) < 4.78 is 0. The van der Waals surface area contributed by atoms with Gasteiger partial charge in [-0.2, -0.15) is 0 Å². The van der Waals surface area contributed by atoms with Crippen LogP contribution in [-0.2, 0) is 0 Å². The number of halogens is 1. The van der Waals surface area contributed by atoms with Gasteiger partial charge in [0.05, 0.1) is 0 Å². The summed E-state index contributed by atoms with van der Waals surface area (Å²) >= 11 is 5.93. The lowest BCUT2D eigenvalue weighted by Gasteiger charge is -2.29. The van der Waals surface area contributed by atoms with E-state index in [0.29, 0.717) is 5.88 Å². The van der Waals surface area contributed by atoms with Crippen LogP contribution < -0.4 is 5.73 Å². The maximum Gasteiger partial charge on any atom is 0.0240 e. The molecule has 0 radical (unpaired) electrons. The van der Waals surface area contributed by atoms with Crippen molar-refractivity contribution in [1.29, 1.82) is 0 Å². The summed E-state index contributed by atoms with van der Waals surface area (Å²) in [7, 11) is 0. The molecule has 0 saturated carbocycles. The van der Waals surface area contributed by atoms with Crippen LogP contribution in [0.5, 0.6) is 0 Å². The smallest absolute Gasteiger partial charge is 0.0240 e. The van der Waals surface area contributed by atoms with Crippen molar-refractivity contribution in [2.24, 2.45) is 5.73 Å². The van der Waals surface area contributed by atoms with E-state index in [1.54, 1.807) is 0 Å². The molecule has 116 valence electrons. The molecule has 2 N–H and O–H groups in total. The fourth-order valence-corrected chi connectivity index (χ4v) is 3.10. The molecule has 0 bridgehead atoms. The minimum absolute atomic E-state index is 0.0141. The summed E-state index contributed by atoms with van der Waals surface area (Å²) in [5.74, 6) is 0.709. The number of nitrogens with two attached hydrogens (primary N) is 1. The SMILES string of the molecule is CCCCCCCC(N)(CCCl)CCCCCCC. The summed E-state index contributed by atoms with van der Waals surface area (Å²) in [6, 6.07) is 0. The van der Waals surface area contributed by atoms with E-state index in [4.69, 9.17) is 17.3 Å². The van der Waals surface area contributed by atoms with Gasteiger partial charge < -0.3 is 5.73 Å². The van der Waals surface area contributed by atoms with Crippen LogP contribution in [0.4, 0.5) is 0 Å². The normalized spacial score (nSPS) is 12.0. The number of alkyl halides is 1. The molecule has 0 amide bonds. The molecule has 1 nitrogen and oxygen atoms in total. The van der Waals surface area contributed by atoms with Crippen LogP contribution in [-0.4, -0.2) is 11.4 Å². The summed E-state index contributed by atoms with van der Waals surface area (Å²) in [6.45, 7) is 4.52. The van der Waals surface area contributed by atoms with Crippen LogP contribution >= 0.6 is 11.6 Å². The first-order valence-electron chi connectivity index (χ1n) is 8.53. The maximum atomic E-state index is 6.55. The van der Waals surface area contributed by atoms with Crippen molar-refractivity contribution in [3.63, 3.8) is 0 Å². The lowest BCUT2D eigenvalue weighted by Crippen LogP contribution is -2.40. The van der Waals surface area contributed by atoms with Gasteiger partial charge in [-0.15, -0.1) is 11.6 Å². The second-order valence-electron chi connectivity index (χ2n) is 6.13. The molecule has 0 aromatic carbocycles. The Hall–Kier alpha value is 0.250. The lowest BCUT2D eigenvalue weighted by molar-refractivity contribution is 0.326. The summed E-state index contributed by atoms with van der Waals surface area (Å²) in [5.41, 5.74) is 6.57. The van der Waals surface area contributed by atoms with Crippen molar-refractivity contribution in [2.75, 3.05) is 5.88 Å². The van der Waals surface area contributed by atoms with Gasteiger partial charge in [-0.05, 0) is 19.3 Å². The fraction of sp³-hybridized carbons (Fsp3) is 1.00. The lowest BCUT2D eigenvalue weighted by atomic mass is 9.85. The zero-order valence-corrected chi connectivity index (χ0v) is 14.1. The van der Waals surface area contributed by atoms with Crippen LogP contribution in [0.15, 0.2) is 0 Å². The Kier molecular flexibility index (Phi) is 13.4. The zero-order chi connectivity index (χ0) is 14.4. The molecule has 0 aromatic rings. The van der Waals surface area contributed by atoms with E-state index in [9.17, 15) is 0 Å². The van der Waals surface area contributed by atoms with Gasteiger partial charge in [0.25, 0.3) is 0 Å². The van der Waals surface area contributed by atoms with Gasteiger partial charge in [0.1, 0.15) is 0 Å². The van der Waals surface area contributed by atoms with Crippen molar-refractivity contribution < 1.29 is 0 Å². The van der Waals surface area contributed by atoms with Gasteiger partial charge in [0.2, 0.25) is 0 Å². The average molecular weight is 290 g/mol. The third-order valence-electron chi connectivity index (χ3n) is 4.15. The van der Waals surface area contributed by atoms with E-state index in [1.165, 1.54) is 64.2 Å². The highest BCUT2D eigenvalue weighted by molar-refractivity contribution is 6.17. The number of rotatable bonds is 14. The molecule has 0 unspecified atom stereocenters. The molecule has 0 aliphatic carbocycles. The van der Waals surface area contributed by atoms with Crippen molar-refractivity contribution in [1.82, 2.24) is 0 Å². The Bertz CT molecular complexity index is 168. The Balaban J connectivity index is 3.76. The average Bonchev–Trinajstić information content (AvgIpc) is 2.39. The van der Waals surface area contributed by atoms with Crippen LogP contribution in [0.3, 0.4) is 0 Å². The van der Waals surface area contributed by atoms with Gasteiger partial charge in [0.15, 0.2) is 0 Å². The minimum atomic E-state index is 0.0141.